The number of ether oxygens (including phenoxy) is 2. The first kappa shape index (κ1) is 15.1. The number of aromatic amines is 1. The first-order chi connectivity index (χ1) is 11.2. The van der Waals surface area contributed by atoms with E-state index in [9.17, 15) is 0 Å². The Bertz CT molecular complexity index is 653. The number of fused-ring (bicyclic) bond motifs is 2. The Kier molecular flexibility index (Phi) is 3.87. The van der Waals surface area contributed by atoms with E-state index in [4.69, 9.17) is 14.5 Å². The molecule has 0 bridgehead atoms. The van der Waals surface area contributed by atoms with Gasteiger partial charge in [0, 0.05) is 26.8 Å². The minimum absolute atomic E-state index is 0.00104. The number of hydrogen-bond donors (Lipinski definition) is 1. The van der Waals surface area contributed by atoms with E-state index in [2.05, 4.69) is 22.0 Å². The van der Waals surface area contributed by atoms with E-state index < -0.39 is 0 Å². The maximum absolute atomic E-state index is 5.99. The number of nitrogens with zero attached hydrogens (tertiary/aromatic N) is 2. The minimum atomic E-state index is 0.00104. The fraction of sp³-hybridized carbons (Fsp3) is 0.611. The number of nitrogens with one attached hydrogen (secondary N) is 1. The third-order valence-electron chi connectivity index (χ3n) is 5.78. The molecule has 2 heterocycles. The van der Waals surface area contributed by atoms with Gasteiger partial charge in [-0.3, -0.25) is 4.90 Å². The lowest BCUT2D eigenvalue weighted by atomic mass is 9.79. The van der Waals surface area contributed by atoms with Crippen LogP contribution in [0.5, 0.6) is 0 Å². The van der Waals surface area contributed by atoms with Crippen molar-refractivity contribution in [1.29, 1.82) is 0 Å². The van der Waals surface area contributed by atoms with Crippen LogP contribution >= 0.6 is 0 Å². The zero-order valence-corrected chi connectivity index (χ0v) is 13.9. The normalized spacial score (nSPS) is 31.6. The molecule has 4 rings (SSSR count). The topological polar surface area (TPSA) is 50.4 Å². The molecule has 2 aliphatic rings. The van der Waals surface area contributed by atoms with Gasteiger partial charge < -0.3 is 14.5 Å². The number of likely N-dealkylation sites (tertiary alicyclic amines) is 1. The quantitative estimate of drug-likeness (QED) is 0.942. The number of imidazole rings is 1. The van der Waals surface area contributed by atoms with Crippen LogP contribution in [0.1, 0.15) is 31.5 Å². The van der Waals surface area contributed by atoms with Crippen LogP contribution in [0.2, 0.25) is 0 Å². The smallest absolute Gasteiger partial charge is 0.121 e. The molecule has 2 aromatic rings. The highest BCUT2D eigenvalue weighted by atomic mass is 16.5. The second-order valence-electron chi connectivity index (χ2n) is 6.84. The molecular formula is C18H25N3O2. The van der Waals surface area contributed by atoms with E-state index in [0.717, 1.165) is 55.6 Å². The molecule has 3 atom stereocenters. The highest BCUT2D eigenvalue weighted by Gasteiger charge is 2.51. The fourth-order valence-electron chi connectivity index (χ4n) is 4.43. The van der Waals surface area contributed by atoms with Crippen molar-refractivity contribution in [2.24, 2.45) is 0 Å². The summed E-state index contributed by atoms with van der Waals surface area (Å²) in [5.41, 5.74) is 2.15. The molecular weight excluding hydrogens is 290 g/mol. The summed E-state index contributed by atoms with van der Waals surface area (Å²) in [6.07, 6.45) is 4.68. The van der Waals surface area contributed by atoms with E-state index in [1.54, 1.807) is 0 Å². The van der Waals surface area contributed by atoms with Crippen LogP contribution in [0.25, 0.3) is 11.0 Å². The van der Waals surface area contributed by atoms with Crippen LogP contribution < -0.4 is 0 Å². The Hall–Kier alpha value is -1.43. The SMILES string of the molecule is CO[C@@H]1CC[C@@]2(OC)CCN(Cc3nc4ccccc4[nH]3)[C@H]2C1. The molecule has 0 amide bonds. The molecule has 23 heavy (non-hydrogen) atoms. The maximum Gasteiger partial charge on any atom is 0.121 e. The van der Waals surface area contributed by atoms with Gasteiger partial charge in [-0.15, -0.1) is 0 Å². The molecule has 1 aliphatic carbocycles. The van der Waals surface area contributed by atoms with E-state index >= 15 is 0 Å². The Balaban J connectivity index is 1.56. The molecule has 1 aliphatic heterocycles. The molecule has 1 N–H and O–H groups in total. The number of para-hydroxylation sites is 2. The second kappa shape index (κ2) is 5.89. The van der Waals surface area contributed by atoms with E-state index in [0.29, 0.717) is 12.1 Å². The lowest BCUT2D eigenvalue weighted by Gasteiger charge is -2.43. The Labute approximate surface area is 137 Å². The summed E-state index contributed by atoms with van der Waals surface area (Å²) in [7, 11) is 3.69. The predicted octanol–water partition coefficient (Wildman–Crippen LogP) is 2.72. The number of benzene rings is 1. The van der Waals surface area contributed by atoms with Gasteiger partial charge in [-0.2, -0.15) is 0 Å². The van der Waals surface area contributed by atoms with Gasteiger partial charge in [0.25, 0.3) is 0 Å². The van der Waals surface area contributed by atoms with E-state index in [1.807, 2.05) is 26.4 Å². The van der Waals surface area contributed by atoms with Crippen LogP contribution in [0.3, 0.4) is 0 Å². The third kappa shape index (κ3) is 2.57. The summed E-state index contributed by atoms with van der Waals surface area (Å²) in [4.78, 5) is 10.7. The third-order valence-corrected chi connectivity index (χ3v) is 5.78. The van der Waals surface area contributed by atoms with Crippen molar-refractivity contribution in [3.63, 3.8) is 0 Å². The summed E-state index contributed by atoms with van der Waals surface area (Å²) >= 11 is 0. The summed E-state index contributed by atoms with van der Waals surface area (Å²) in [6.45, 7) is 1.91. The first-order valence-electron chi connectivity index (χ1n) is 8.50. The molecule has 0 spiro atoms. The Morgan fingerprint density at radius 1 is 1.30 bits per heavy atom. The van der Waals surface area contributed by atoms with Crippen molar-refractivity contribution in [2.75, 3.05) is 20.8 Å². The summed E-state index contributed by atoms with van der Waals surface area (Å²) < 4.78 is 11.6. The maximum atomic E-state index is 5.99. The highest BCUT2D eigenvalue weighted by Crippen LogP contribution is 2.43. The molecule has 1 saturated carbocycles. The van der Waals surface area contributed by atoms with Gasteiger partial charge in [0.05, 0.1) is 29.3 Å². The van der Waals surface area contributed by atoms with E-state index in [-0.39, 0.29) is 5.60 Å². The van der Waals surface area contributed by atoms with Crippen LogP contribution in [0.15, 0.2) is 24.3 Å². The summed E-state index contributed by atoms with van der Waals surface area (Å²) in [5, 5.41) is 0. The van der Waals surface area contributed by atoms with Crippen LogP contribution in [0.4, 0.5) is 0 Å². The standard InChI is InChI=1S/C18H25N3O2/c1-22-13-7-8-18(23-2)9-10-21(16(18)11-13)12-17-19-14-5-3-4-6-15(14)20-17/h3-6,13,16H,7-12H2,1-2H3,(H,19,20)/t13-,16+,18-/m1/s1. The number of aromatic nitrogens is 2. The number of rotatable bonds is 4. The molecule has 5 nitrogen and oxygen atoms in total. The Morgan fingerprint density at radius 3 is 2.96 bits per heavy atom. The molecule has 1 aromatic heterocycles. The average Bonchev–Trinajstić information content (AvgIpc) is 3.16. The molecule has 124 valence electrons. The predicted molar refractivity (Wildman–Crippen MR) is 89.3 cm³/mol. The average molecular weight is 315 g/mol. The summed E-state index contributed by atoms with van der Waals surface area (Å²) in [6, 6.07) is 8.63. The van der Waals surface area contributed by atoms with Crippen molar-refractivity contribution in [3.05, 3.63) is 30.1 Å². The molecule has 0 radical (unpaired) electrons. The highest BCUT2D eigenvalue weighted by molar-refractivity contribution is 5.74. The van der Waals surface area contributed by atoms with Gasteiger partial charge in [0.2, 0.25) is 0 Å². The first-order valence-corrected chi connectivity index (χ1v) is 8.50. The molecule has 1 saturated heterocycles. The molecule has 1 aromatic carbocycles. The minimum Gasteiger partial charge on any atom is -0.381 e. The van der Waals surface area contributed by atoms with Gasteiger partial charge in [0.15, 0.2) is 0 Å². The van der Waals surface area contributed by atoms with Gasteiger partial charge >= 0.3 is 0 Å². The Morgan fingerprint density at radius 2 is 2.17 bits per heavy atom. The molecule has 5 heteroatoms. The second-order valence-corrected chi connectivity index (χ2v) is 6.84. The number of H-pyrrole nitrogens is 1. The largest absolute Gasteiger partial charge is 0.381 e. The summed E-state index contributed by atoms with van der Waals surface area (Å²) in [5.74, 6) is 1.04. The zero-order valence-electron chi connectivity index (χ0n) is 13.9. The van der Waals surface area contributed by atoms with Crippen LogP contribution in [-0.4, -0.2) is 53.4 Å². The molecule has 0 unspecified atom stereocenters. The number of methoxy groups -OCH3 is 2. The lowest BCUT2D eigenvalue weighted by Crippen LogP contribution is -2.51. The van der Waals surface area contributed by atoms with Crippen LogP contribution in [0, 0.1) is 0 Å². The molecule has 2 fully saturated rings. The van der Waals surface area contributed by atoms with Crippen LogP contribution in [-0.2, 0) is 16.0 Å². The van der Waals surface area contributed by atoms with Crippen molar-refractivity contribution in [3.8, 4) is 0 Å². The van der Waals surface area contributed by atoms with Gasteiger partial charge in [-0.25, -0.2) is 4.98 Å². The van der Waals surface area contributed by atoms with Gasteiger partial charge in [-0.1, -0.05) is 12.1 Å². The van der Waals surface area contributed by atoms with Crippen molar-refractivity contribution >= 4 is 11.0 Å². The monoisotopic (exact) mass is 315 g/mol. The van der Waals surface area contributed by atoms with Crippen molar-refractivity contribution in [1.82, 2.24) is 14.9 Å². The van der Waals surface area contributed by atoms with E-state index in [1.165, 1.54) is 0 Å². The lowest BCUT2D eigenvalue weighted by molar-refractivity contribution is -0.0949. The van der Waals surface area contributed by atoms with Crippen molar-refractivity contribution < 1.29 is 9.47 Å². The van der Waals surface area contributed by atoms with Crippen molar-refractivity contribution in [2.45, 2.75) is 50.0 Å². The fourth-order valence-corrected chi connectivity index (χ4v) is 4.43. The zero-order chi connectivity index (χ0) is 15.9. The van der Waals surface area contributed by atoms with Gasteiger partial charge in [0.1, 0.15) is 5.82 Å². The number of hydrogen-bond acceptors (Lipinski definition) is 4. The van der Waals surface area contributed by atoms with Gasteiger partial charge in [-0.05, 0) is 37.8 Å².